The fourth-order valence-corrected chi connectivity index (χ4v) is 0.466. The Morgan fingerprint density at radius 3 is 2.27 bits per heavy atom. The number of aliphatic hydroxyl groups is 1. The Morgan fingerprint density at radius 2 is 1.91 bits per heavy atom. The zero-order valence-corrected chi connectivity index (χ0v) is 7.59. The highest BCUT2D eigenvalue weighted by molar-refractivity contribution is 5.78. The topological polar surface area (TPSA) is 46.5 Å². The number of methoxy groups -OCH3 is 1. The monoisotopic (exact) mass is 162 g/mol. The van der Waals surface area contributed by atoms with Gasteiger partial charge in [0.15, 0.2) is 0 Å². The molecule has 0 aromatic heterocycles. The Bertz CT molecular complexity index is 81.4. The first kappa shape index (κ1) is 13.2. The third-order valence-electron chi connectivity index (χ3n) is 0.976. The molecule has 0 atom stereocenters. The second-order valence-electron chi connectivity index (χ2n) is 1.76. The van der Waals surface area contributed by atoms with E-state index in [-0.39, 0.29) is 18.8 Å². The van der Waals surface area contributed by atoms with Crippen LogP contribution in [0.1, 0.15) is 26.7 Å². The van der Waals surface area contributed by atoms with Crippen LogP contribution in [0.3, 0.4) is 0 Å². The van der Waals surface area contributed by atoms with E-state index < -0.39 is 0 Å². The van der Waals surface area contributed by atoms with Crippen LogP contribution < -0.4 is 0 Å². The van der Waals surface area contributed by atoms with Gasteiger partial charge in [-0.2, -0.15) is 0 Å². The maximum absolute atomic E-state index is 10.6. The lowest BCUT2D eigenvalue weighted by Gasteiger charge is -1.95. The van der Waals surface area contributed by atoms with Crippen LogP contribution in [0.5, 0.6) is 0 Å². The predicted molar refractivity (Wildman–Crippen MR) is 44.6 cm³/mol. The van der Waals surface area contributed by atoms with Gasteiger partial charge in [0, 0.05) is 26.6 Å². The Hall–Kier alpha value is -0.410. The van der Waals surface area contributed by atoms with Gasteiger partial charge in [-0.15, -0.1) is 0 Å². The van der Waals surface area contributed by atoms with Gasteiger partial charge < -0.3 is 9.84 Å². The molecule has 0 spiro atoms. The molecule has 0 aromatic carbocycles. The minimum Gasteiger partial charge on any atom is -0.396 e. The quantitative estimate of drug-likeness (QED) is 0.656. The molecule has 0 aromatic rings. The lowest BCUT2D eigenvalue weighted by Crippen LogP contribution is -2.04. The molecule has 3 nitrogen and oxygen atoms in total. The number of ether oxygens (including phenoxy) is 1. The summed E-state index contributed by atoms with van der Waals surface area (Å²) in [6.07, 6.45) is 0.667. The fourth-order valence-electron chi connectivity index (χ4n) is 0.466. The number of carbonyl (C=O) groups is 1. The molecule has 0 rings (SSSR count). The average Bonchev–Trinajstić information content (AvgIpc) is 2.05. The fraction of sp³-hybridized carbons (Fsp3) is 0.875. The molecule has 11 heavy (non-hydrogen) atoms. The lowest BCUT2D eigenvalue weighted by atomic mass is 10.2. The highest BCUT2D eigenvalue weighted by Crippen LogP contribution is 1.87. The number of Topliss-reactive ketones (excluding diaryl/α,β-unsaturated/α-hetero) is 1. The number of rotatable bonds is 5. The van der Waals surface area contributed by atoms with Crippen LogP contribution in [-0.2, 0) is 9.53 Å². The van der Waals surface area contributed by atoms with Crippen molar-refractivity contribution in [2.45, 2.75) is 26.7 Å². The van der Waals surface area contributed by atoms with Crippen molar-refractivity contribution in [3.63, 3.8) is 0 Å². The molecule has 0 fully saturated rings. The van der Waals surface area contributed by atoms with Crippen LogP contribution in [0, 0.1) is 0 Å². The van der Waals surface area contributed by atoms with Gasteiger partial charge in [0.2, 0.25) is 0 Å². The summed E-state index contributed by atoms with van der Waals surface area (Å²) in [6, 6.07) is 0. The van der Waals surface area contributed by atoms with E-state index in [1.807, 2.05) is 13.8 Å². The lowest BCUT2D eigenvalue weighted by molar-refractivity contribution is -0.120. The van der Waals surface area contributed by atoms with Gasteiger partial charge in [-0.3, -0.25) is 4.79 Å². The largest absolute Gasteiger partial charge is 0.396 e. The highest BCUT2D eigenvalue weighted by atomic mass is 16.5. The molecular weight excluding hydrogens is 144 g/mol. The van der Waals surface area contributed by atoms with Crippen LogP contribution in [0.15, 0.2) is 0 Å². The van der Waals surface area contributed by atoms with E-state index in [1.165, 1.54) is 0 Å². The van der Waals surface area contributed by atoms with Crippen molar-refractivity contribution in [2.24, 2.45) is 0 Å². The van der Waals surface area contributed by atoms with E-state index in [2.05, 4.69) is 4.74 Å². The molecule has 0 heterocycles. The van der Waals surface area contributed by atoms with E-state index in [1.54, 1.807) is 7.11 Å². The average molecular weight is 162 g/mol. The Kier molecular flexibility index (Phi) is 14.7. The summed E-state index contributed by atoms with van der Waals surface area (Å²) in [5.41, 5.74) is 0. The molecule has 0 saturated carbocycles. The number of carbonyl (C=O) groups excluding carboxylic acids is 1. The molecule has 0 radical (unpaired) electrons. The van der Waals surface area contributed by atoms with E-state index in [0.29, 0.717) is 13.0 Å². The summed E-state index contributed by atoms with van der Waals surface area (Å²) in [6.45, 7) is 4.40. The number of hydrogen-bond donors (Lipinski definition) is 1. The van der Waals surface area contributed by atoms with Crippen LogP contribution in [0.4, 0.5) is 0 Å². The molecule has 0 aliphatic carbocycles. The zero-order chi connectivity index (χ0) is 9.11. The van der Waals surface area contributed by atoms with Crippen molar-refractivity contribution in [1.82, 2.24) is 0 Å². The first-order chi connectivity index (χ1) is 5.31. The van der Waals surface area contributed by atoms with Crippen LogP contribution >= 0.6 is 0 Å². The van der Waals surface area contributed by atoms with Crippen molar-refractivity contribution in [1.29, 1.82) is 0 Å². The van der Waals surface area contributed by atoms with Crippen molar-refractivity contribution >= 4 is 5.78 Å². The molecule has 0 unspecified atom stereocenters. The van der Waals surface area contributed by atoms with E-state index in [9.17, 15) is 4.79 Å². The third-order valence-corrected chi connectivity index (χ3v) is 0.976. The van der Waals surface area contributed by atoms with Crippen LogP contribution in [-0.4, -0.2) is 31.2 Å². The Balaban J connectivity index is 0. The summed E-state index contributed by atoms with van der Waals surface area (Å²) < 4.78 is 4.66. The van der Waals surface area contributed by atoms with Crippen molar-refractivity contribution in [2.75, 3.05) is 20.3 Å². The summed E-state index contributed by atoms with van der Waals surface area (Å²) in [5.74, 6) is 0.0550. The van der Waals surface area contributed by atoms with Crippen molar-refractivity contribution in [3.05, 3.63) is 0 Å². The zero-order valence-electron chi connectivity index (χ0n) is 7.59. The molecule has 0 saturated heterocycles. The number of hydrogen-bond acceptors (Lipinski definition) is 3. The molecule has 0 amide bonds. The van der Waals surface area contributed by atoms with Crippen molar-refractivity contribution in [3.8, 4) is 0 Å². The van der Waals surface area contributed by atoms with Gasteiger partial charge >= 0.3 is 0 Å². The minimum atomic E-state index is -0.0530. The standard InChI is InChI=1S/C6H12O3.C2H6/c1-9-5-3-6(8)2-4-7;1-2/h7H,2-5H2,1H3;1-2H3. The van der Waals surface area contributed by atoms with Gasteiger partial charge in [-0.1, -0.05) is 13.8 Å². The normalized spacial score (nSPS) is 8.36. The minimum absolute atomic E-state index is 0.0530. The van der Waals surface area contributed by atoms with Gasteiger partial charge in [0.25, 0.3) is 0 Å². The van der Waals surface area contributed by atoms with E-state index in [4.69, 9.17) is 5.11 Å². The molecule has 68 valence electrons. The summed E-state index contributed by atoms with van der Waals surface area (Å²) in [4.78, 5) is 10.6. The summed E-state index contributed by atoms with van der Waals surface area (Å²) in [7, 11) is 1.55. The molecular formula is C8H18O3. The molecule has 0 aliphatic heterocycles. The second-order valence-corrected chi connectivity index (χ2v) is 1.76. The molecule has 3 heteroatoms. The Labute approximate surface area is 68.4 Å². The SMILES string of the molecule is CC.COCCC(=O)CCO. The van der Waals surface area contributed by atoms with Gasteiger partial charge in [0.05, 0.1) is 6.61 Å². The smallest absolute Gasteiger partial charge is 0.137 e. The maximum atomic E-state index is 10.6. The van der Waals surface area contributed by atoms with Crippen molar-refractivity contribution < 1.29 is 14.6 Å². The van der Waals surface area contributed by atoms with Gasteiger partial charge in [0.1, 0.15) is 5.78 Å². The highest BCUT2D eigenvalue weighted by Gasteiger charge is 1.97. The van der Waals surface area contributed by atoms with Crippen LogP contribution in [0.2, 0.25) is 0 Å². The number of ketones is 1. The summed E-state index contributed by atoms with van der Waals surface area (Å²) >= 11 is 0. The summed E-state index contributed by atoms with van der Waals surface area (Å²) in [5, 5.41) is 8.27. The first-order valence-corrected chi connectivity index (χ1v) is 3.92. The molecule has 0 bridgehead atoms. The van der Waals surface area contributed by atoms with Crippen LogP contribution in [0.25, 0.3) is 0 Å². The Morgan fingerprint density at radius 1 is 1.36 bits per heavy atom. The first-order valence-electron chi connectivity index (χ1n) is 3.92. The third kappa shape index (κ3) is 12.7. The molecule has 0 aliphatic rings. The number of aliphatic hydroxyl groups excluding tert-OH is 1. The molecule has 1 N–H and O–H groups in total. The van der Waals surface area contributed by atoms with E-state index in [0.717, 1.165) is 0 Å². The second kappa shape index (κ2) is 12.3. The van der Waals surface area contributed by atoms with Gasteiger partial charge in [-0.25, -0.2) is 0 Å². The van der Waals surface area contributed by atoms with Gasteiger partial charge in [-0.05, 0) is 0 Å². The van der Waals surface area contributed by atoms with E-state index >= 15 is 0 Å². The predicted octanol–water partition coefficient (Wildman–Crippen LogP) is 1.00. The maximum Gasteiger partial charge on any atom is 0.137 e.